The lowest BCUT2D eigenvalue weighted by Gasteiger charge is -2.28. The van der Waals surface area contributed by atoms with E-state index in [1.807, 2.05) is 42.1 Å². The summed E-state index contributed by atoms with van der Waals surface area (Å²) in [4.78, 5) is 16.4. The molecule has 3 rings (SSSR count). The number of aromatic nitrogens is 2. The van der Waals surface area contributed by atoms with Gasteiger partial charge in [0.05, 0.1) is 12.1 Å². The average Bonchev–Trinajstić information content (AvgIpc) is 2.96. The zero-order valence-electron chi connectivity index (χ0n) is 13.2. The molecular weight excluding hydrogens is 292 g/mol. The van der Waals surface area contributed by atoms with Crippen molar-refractivity contribution < 1.29 is 9.90 Å². The second kappa shape index (κ2) is 6.83. The first-order valence-electron chi connectivity index (χ1n) is 7.97. The van der Waals surface area contributed by atoms with Gasteiger partial charge in [-0.15, -0.1) is 0 Å². The number of hydrogen-bond acceptors (Lipinski definition) is 3. The standard InChI is InChI=1S/C17H22N4O2/c1-21-10-9-18-16(21)12-5-4-6-13(11-12)19-17(23)20-14-7-2-3-8-15(14)22/h4-6,9-11,14-15,22H,2-3,7-8H2,1H3,(H2,19,20,23). The van der Waals surface area contributed by atoms with Gasteiger partial charge in [-0.1, -0.05) is 25.0 Å². The second-order valence-corrected chi connectivity index (χ2v) is 6.00. The number of carbonyl (C=O) groups excluding carboxylic acids is 1. The largest absolute Gasteiger partial charge is 0.391 e. The fourth-order valence-corrected chi connectivity index (χ4v) is 3.00. The van der Waals surface area contributed by atoms with Gasteiger partial charge in [0.25, 0.3) is 0 Å². The van der Waals surface area contributed by atoms with Crippen molar-refractivity contribution in [1.82, 2.24) is 14.9 Å². The number of aliphatic hydroxyl groups is 1. The lowest BCUT2D eigenvalue weighted by molar-refractivity contribution is 0.0955. The normalized spacial score (nSPS) is 21.0. The molecule has 1 aromatic heterocycles. The number of nitrogens with one attached hydrogen (secondary N) is 2. The van der Waals surface area contributed by atoms with Crippen LogP contribution in [0.2, 0.25) is 0 Å². The van der Waals surface area contributed by atoms with Crippen molar-refractivity contribution in [3.05, 3.63) is 36.7 Å². The Morgan fingerprint density at radius 3 is 2.91 bits per heavy atom. The maximum absolute atomic E-state index is 12.1. The van der Waals surface area contributed by atoms with Gasteiger partial charge in [0, 0.05) is 30.7 Å². The van der Waals surface area contributed by atoms with E-state index in [2.05, 4.69) is 15.6 Å². The molecule has 0 aliphatic heterocycles. The summed E-state index contributed by atoms with van der Waals surface area (Å²) in [6.45, 7) is 0. The molecule has 3 N–H and O–H groups in total. The van der Waals surface area contributed by atoms with Gasteiger partial charge in [-0.2, -0.15) is 0 Å². The van der Waals surface area contributed by atoms with Crippen molar-refractivity contribution in [2.24, 2.45) is 7.05 Å². The van der Waals surface area contributed by atoms with Crippen molar-refractivity contribution in [1.29, 1.82) is 0 Å². The fraction of sp³-hybridized carbons (Fsp3) is 0.412. The van der Waals surface area contributed by atoms with Crippen LogP contribution in [-0.2, 0) is 7.05 Å². The number of amides is 2. The zero-order chi connectivity index (χ0) is 16.2. The van der Waals surface area contributed by atoms with Crippen molar-refractivity contribution in [2.75, 3.05) is 5.32 Å². The molecule has 6 heteroatoms. The van der Waals surface area contributed by atoms with E-state index < -0.39 is 6.10 Å². The number of rotatable bonds is 3. The van der Waals surface area contributed by atoms with Gasteiger partial charge in [-0.3, -0.25) is 0 Å². The van der Waals surface area contributed by atoms with Crippen LogP contribution in [0.1, 0.15) is 25.7 Å². The van der Waals surface area contributed by atoms with E-state index >= 15 is 0 Å². The van der Waals surface area contributed by atoms with Gasteiger partial charge in [0.1, 0.15) is 5.82 Å². The summed E-state index contributed by atoms with van der Waals surface area (Å²) in [7, 11) is 1.93. The predicted molar refractivity (Wildman–Crippen MR) is 89.1 cm³/mol. The number of benzene rings is 1. The van der Waals surface area contributed by atoms with Crippen LogP contribution in [0.5, 0.6) is 0 Å². The molecule has 6 nitrogen and oxygen atoms in total. The zero-order valence-corrected chi connectivity index (χ0v) is 13.2. The van der Waals surface area contributed by atoms with Crippen LogP contribution >= 0.6 is 0 Å². The Morgan fingerprint density at radius 1 is 1.35 bits per heavy atom. The molecule has 1 aliphatic rings. The Bertz CT molecular complexity index is 683. The SMILES string of the molecule is Cn1ccnc1-c1cccc(NC(=O)NC2CCCCC2O)c1. The van der Waals surface area contributed by atoms with Gasteiger partial charge in [-0.25, -0.2) is 9.78 Å². The molecule has 1 saturated carbocycles. The Labute approximate surface area is 135 Å². The van der Waals surface area contributed by atoms with Crippen molar-refractivity contribution in [3.63, 3.8) is 0 Å². The molecule has 0 saturated heterocycles. The molecule has 122 valence electrons. The number of anilines is 1. The van der Waals surface area contributed by atoms with E-state index in [1.54, 1.807) is 6.20 Å². The van der Waals surface area contributed by atoms with Crippen molar-refractivity contribution in [3.8, 4) is 11.4 Å². The van der Waals surface area contributed by atoms with Crippen LogP contribution in [0.25, 0.3) is 11.4 Å². The van der Waals surface area contributed by atoms with Gasteiger partial charge in [0.15, 0.2) is 0 Å². The van der Waals surface area contributed by atoms with Crippen LogP contribution in [-0.4, -0.2) is 32.8 Å². The van der Waals surface area contributed by atoms with Crippen LogP contribution < -0.4 is 10.6 Å². The van der Waals surface area contributed by atoms with E-state index in [0.29, 0.717) is 5.69 Å². The fourth-order valence-electron chi connectivity index (χ4n) is 3.00. The third kappa shape index (κ3) is 3.71. The molecule has 1 fully saturated rings. The molecule has 0 radical (unpaired) electrons. The summed E-state index contributed by atoms with van der Waals surface area (Å²) in [5, 5.41) is 15.6. The first-order chi connectivity index (χ1) is 11.1. The minimum Gasteiger partial charge on any atom is -0.391 e. The maximum atomic E-state index is 12.1. The Morgan fingerprint density at radius 2 is 2.17 bits per heavy atom. The van der Waals surface area contributed by atoms with Gasteiger partial charge >= 0.3 is 6.03 Å². The minimum atomic E-state index is -0.451. The molecule has 2 aromatic rings. The second-order valence-electron chi connectivity index (χ2n) is 6.00. The van der Waals surface area contributed by atoms with E-state index in [-0.39, 0.29) is 12.1 Å². The summed E-state index contributed by atoms with van der Waals surface area (Å²) in [6.07, 6.45) is 6.80. The molecule has 2 amide bonds. The number of aryl methyl sites for hydroxylation is 1. The third-order valence-corrected chi connectivity index (χ3v) is 4.25. The van der Waals surface area contributed by atoms with E-state index in [9.17, 15) is 9.90 Å². The predicted octanol–water partition coefficient (Wildman–Crippen LogP) is 2.51. The highest BCUT2D eigenvalue weighted by Crippen LogP contribution is 2.21. The molecule has 1 heterocycles. The lowest BCUT2D eigenvalue weighted by atomic mass is 9.93. The van der Waals surface area contributed by atoms with E-state index in [4.69, 9.17) is 0 Å². The number of imidazole rings is 1. The van der Waals surface area contributed by atoms with Gasteiger partial charge in [0.2, 0.25) is 0 Å². The van der Waals surface area contributed by atoms with Gasteiger partial charge < -0.3 is 20.3 Å². The lowest BCUT2D eigenvalue weighted by Crippen LogP contribution is -2.46. The highest BCUT2D eigenvalue weighted by atomic mass is 16.3. The Kier molecular flexibility index (Phi) is 4.62. The van der Waals surface area contributed by atoms with Crippen molar-refractivity contribution in [2.45, 2.75) is 37.8 Å². The number of urea groups is 1. The summed E-state index contributed by atoms with van der Waals surface area (Å²) in [6, 6.07) is 7.11. The third-order valence-electron chi connectivity index (χ3n) is 4.25. The molecule has 0 bridgehead atoms. The number of nitrogens with zero attached hydrogens (tertiary/aromatic N) is 2. The summed E-state index contributed by atoms with van der Waals surface area (Å²) < 4.78 is 1.93. The smallest absolute Gasteiger partial charge is 0.319 e. The van der Waals surface area contributed by atoms with E-state index in [0.717, 1.165) is 37.1 Å². The highest BCUT2D eigenvalue weighted by Gasteiger charge is 2.24. The number of hydrogen-bond donors (Lipinski definition) is 3. The molecule has 23 heavy (non-hydrogen) atoms. The molecular formula is C17H22N4O2. The van der Waals surface area contributed by atoms with Crippen LogP contribution in [0.3, 0.4) is 0 Å². The topological polar surface area (TPSA) is 79.2 Å². The quantitative estimate of drug-likeness (QED) is 0.814. The summed E-state index contributed by atoms with van der Waals surface area (Å²) in [5.41, 5.74) is 1.64. The van der Waals surface area contributed by atoms with Gasteiger partial charge in [-0.05, 0) is 25.0 Å². The number of aliphatic hydroxyl groups excluding tert-OH is 1. The van der Waals surface area contributed by atoms with Crippen LogP contribution in [0.15, 0.2) is 36.7 Å². The molecule has 1 aliphatic carbocycles. The molecule has 0 spiro atoms. The summed E-state index contributed by atoms with van der Waals surface area (Å²) >= 11 is 0. The van der Waals surface area contributed by atoms with Crippen molar-refractivity contribution >= 4 is 11.7 Å². The Hall–Kier alpha value is -2.34. The van der Waals surface area contributed by atoms with Crippen LogP contribution in [0, 0.1) is 0 Å². The number of carbonyl (C=O) groups is 1. The molecule has 1 aromatic carbocycles. The molecule has 2 atom stereocenters. The summed E-state index contributed by atoms with van der Waals surface area (Å²) in [5.74, 6) is 0.844. The first-order valence-corrected chi connectivity index (χ1v) is 7.97. The van der Waals surface area contributed by atoms with E-state index in [1.165, 1.54) is 0 Å². The van der Waals surface area contributed by atoms with Crippen LogP contribution in [0.4, 0.5) is 10.5 Å². The maximum Gasteiger partial charge on any atom is 0.319 e. The first kappa shape index (κ1) is 15.6. The highest BCUT2D eigenvalue weighted by molar-refractivity contribution is 5.90. The monoisotopic (exact) mass is 314 g/mol. The molecule has 2 unspecified atom stereocenters. The Balaban J connectivity index is 1.66. The minimum absolute atomic E-state index is 0.165. The average molecular weight is 314 g/mol.